The van der Waals surface area contributed by atoms with E-state index >= 15 is 0 Å². The van der Waals surface area contributed by atoms with E-state index in [0.29, 0.717) is 23.2 Å². The second-order valence-electron chi connectivity index (χ2n) is 11.2. The van der Waals surface area contributed by atoms with Crippen LogP contribution in [0.25, 0.3) is 0 Å². The fourth-order valence-electron chi connectivity index (χ4n) is 6.25. The second kappa shape index (κ2) is 5.46. The average molecular weight is 323 g/mol. The summed E-state index contributed by atoms with van der Waals surface area (Å²) < 4.78 is 6.72. The van der Waals surface area contributed by atoms with Crippen molar-refractivity contribution in [3.8, 4) is 0 Å². The molecule has 0 aromatic carbocycles. The SMILES string of the molecule is CC(C)C(C)(COC12CC3CC(CC(O)(C3)C1)C2)CC(C)(C)C. The molecule has 4 aliphatic carbocycles. The van der Waals surface area contributed by atoms with Crippen molar-refractivity contribution in [2.45, 2.75) is 97.7 Å². The first-order chi connectivity index (χ1) is 10.4. The minimum atomic E-state index is -0.414. The van der Waals surface area contributed by atoms with Crippen LogP contribution in [0, 0.1) is 28.6 Å². The molecular formula is C21H38O2. The predicted molar refractivity (Wildman–Crippen MR) is 95.3 cm³/mol. The molecule has 2 nitrogen and oxygen atoms in total. The van der Waals surface area contributed by atoms with Crippen LogP contribution < -0.4 is 0 Å². The van der Waals surface area contributed by atoms with Gasteiger partial charge in [-0.2, -0.15) is 0 Å². The van der Waals surface area contributed by atoms with Crippen molar-refractivity contribution in [1.29, 1.82) is 0 Å². The Morgan fingerprint density at radius 3 is 2.04 bits per heavy atom. The smallest absolute Gasteiger partial charge is 0.0715 e. The summed E-state index contributed by atoms with van der Waals surface area (Å²) in [6, 6.07) is 0. The normalized spacial score (nSPS) is 42.3. The Morgan fingerprint density at radius 1 is 1.04 bits per heavy atom. The molecule has 1 N–H and O–H groups in total. The third-order valence-corrected chi connectivity index (χ3v) is 7.01. The summed E-state index contributed by atoms with van der Waals surface area (Å²) in [7, 11) is 0. The summed E-state index contributed by atoms with van der Waals surface area (Å²) in [5.74, 6) is 2.02. The largest absolute Gasteiger partial charge is 0.390 e. The molecule has 3 atom stereocenters. The lowest BCUT2D eigenvalue weighted by Crippen LogP contribution is -2.60. The molecule has 0 saturated heterocycles. The van der Waals surface area contributed by atoms with Gasteiger partial charge in [0.05, 0.1) is 17.8 Å². The highest BCUT2D eigenvalue weighted by molar-refractivity contribution is 5.10. The molecule has 4 rings (SSSR count). The van der Waals surface area contributed by atoms with Crippen molar-refractivity contribution in [2.24, 2.45) is 28.6 Å². The molecular weight excluding hydrogens is 284 g/mol. The highest BCUT2D eigenvalue weighted by Crippen LogP contribution is 2.59. The van der Waals surface area contributed by atoms with E-state index in [9.17, 15) is 5.11 Å². The van der Waals surface area contributed by atoms with Crippen LogP contribution in [0.5, 0.6) is 0 Å². The van der Waals surface area contributed by atoms with E-state index in [-0.39, 0.29) is 11.0 Å². The van der Waals surface area contributed by atoms with Crippen molar-refractivity contribution in [3.63, 3.8) is 0 Å². The van der Waals surface area contributed by atoms with Crippen LogP contribution in [-0.2, 0) is 4.74 Å². The van der Waals surface area contributed by atoms with Crippen LogP contribution >= 0.6 is 0 Å². The Morgan fingerprint density at radius 2 is 1.61 bits per heavy atom. The minimum absolute atomic E-state index is 0.0210. The lowest BCUT2D eigenvalue weighted by molar-refractivity contribution is -0.231. The summed E-state index contributed by atoms with van der Waals surface area (Å²) in [4.78, 5) is 0. The molecule has 0 amide bonds. The van der Waals surface area contributed by atoms with Crippen molar-refractivity contribution in [2.75, 3.05) is 6.61 Å². The van der Waals surface area contributed by atoms with Crippen molar-refractivity contribution >= 4 is 0 Å². The summed E-state index contributed by atoms with van der Waals surface area (Å²) in [6.07, 6.45) is 7.83. The quantitative estimate of drug-likeness (QED) is 0.755. The monoisotopic (exact) mass is 322 g/mol. The Balaban J connectivity index is 1.71. The van der Waals surface area contributed by atoms with Gasteiger partial charge in [-0.1, -0.05) is 41.5 Å². The maximum absolute atomic E-state index is 10.9. The molecule has 4 bridgehead atoms. The van der Waals surface area contributed by atoms with E-state index in [4.69, 9.17) is 4.74 Å². The summed E-state index contributed by atoms with van der Waals surface area (Å²) in [5.41, 5.74) is 0.0987. The topological polar surface area (TPSA) is 29.5 Å². The number of aliphatic hydroxyl groups is 1. The minimum Gasteiger partial charge on any atom is -0.390 e. The predicted octanol–water partition coefficient (Wildman–Crippen LogP) is 5.19. The summed E-state index contributed by atoms with van der Waals surface area (Å²) in [6.45, 7) is 14.9. The fourth-order valence-corrected chi connectivity index (χ4v) is 6.25. The first-order valence-electron chi connectivity index (χ1n) is 9.79. The maximum atomic E-state index is 10.9. The Labute approximate surface area is 143 Å². The average Bonchev–Trinajstić information content (AvgIpc) is 2.31. The molecule has 134 valence electrons. The van der Waals surface area contributed by atoms with Crippen molar-refractivity contribution in [3.05, 3.63) is 0 Å². The van der Waals surface area contributed by atoms with Crippen LogP contribution in [0.2, 0.25) is 0 Å². The van der Waals surface area contributed by atoms with Gasteiger partial charge in [0.2, 0.25) is 0 Å². The number of hydrogen-bond acceptors (Lipinski definition) is 2. The zero-order valence-electron chi connectivity index (χ0n) is 16.2. The van der Waals surface area contributed by atoms with Gasteiger partial charge in [-0.15, -0.1) is 0 Å². The third kappa shape index (κ3) is 3.63. The highest BCUT2D eigenvalue weighted by Gasteiger charge is 2.58. The lowest BCUT2D eigenvalue weighted by atomic mass is 9.52. The van der Waals surface area contributed by atoms with Gasteiger partial charge in [-0.3, -0.25) is 0 Å². The molecule has 3 unspecified atom stereocenters. The zero-order chi connectivity index (χ0) is 17.1. The summed E-state index contributed by atoms with van der Waals surface area (Å²) >= 11 is 0. The molecule has 2 heteroatoms. The van der Waals surface area contributed by atoms with Crippen molar-refractivity contribution in [1.82, 2.24) is 0 Å². The lowest BCUT2D eigenvalue weighted by Gasteiger charge is -2.60. The Kier molecular flexibility index (Phi) is 4.21. The number of hydrogen-bond donors (Lipinski definition) is 1. The second-order valence-corrected chi connectivity index (χ2v) is 11.2. The molecule has 0 heterocycles. The van der Waals surface area contributed by atoms with Crippen LogP contribution in [0.1, 0.15) is 86.5 Å². The van der Waals surface area contributed by atoms with E-state index in [1.54, 1.807) is 0 Å². The number of rotatable bonds is 5. The van der Waals surface area contributed by atoms with Gasteiger partial charge in [0.25, 0.3) is 0 Å². The molecule has 4 saturated carbocycles. The van der Waals surface area contributed by atoms with Gasteiger partial charge >= 0.3 is 0 Å². The highest BCUT2D eigenvalue weighted by atomic mass is 16.5. The van der Waals surface area contributed by atoms with Gasteiger partial charge in [-0.25, -0.2) is 0 Å². The first kappa shape index (κ1) is 17.7. The molecule has 0 aliphatic heterocycles. The van der Waals surface area contributed by atoms with Crippen LogP contribution in [-0.4, -0.2) is 22.9 Å². The first-order valence-corrected chi connectivity index (χ1v) is 9.79. The van der Waals surface area contributed by atoms with Crippen LogP contribution in [0.3, 0.4) is 0 Å². The van der Waals surface area contributed by atoms with Gasteiger partial charge in [0.15, 0.2) is 0 Å². The van der Waals surface area contributed by atoms with Crippen LogP contribution in [0.15, 0.2) is 0 Å². The molecule has 0 spiro atoms. The van der Waals surface area contributed by atoms with E-state index in [2.05, 4.69) is 41.5 Å². The van der Waals surface area contributed by atoms with Crippen LogP contribution in [0.4, 0.5) is 0 Å². The standard InChI is InChI=1S/C21H38O2/c1-15(2)19(6,12-18(3,4)5)14-23-21-10-16-7-17(11-21)9-20(22,8-16)13-21/h15-17,22H,7-14H2,1-6H3. The zero-order valence-corrected chi connectivity index (χ0v) is 16.2. The Hall–Kier alpha value is -0.0800. The van der Waals surface area contributed by atoms with Crippen molar-refractivity contribution < 1.29 is 9.84 Å². The fraction of sp³-hybridized carbons (Fsp3) is 1.00. The number of ether oxygens (including phenoxy) is 1. The molecule has 0 aromatic rings. The Bertz CT molecular complexity index is 433. The van der Waals surface area contributed by atoms with Gasteiger partial charge in [-0.05, 0) is 67.1 Å². The molecule has 0 radical (unpaired) electrons. The molecule has 4 fully saturated rings. The molecule has 4 aliphatic rings. The van der Waals surface area contributed by atoms with E-state index in [0.717, 1.165) is 25.9 Å². The van der Waals surface area contributed by atoms with E-state index in [1.807, 2.05) is 0 Å². The van der Waals surface area contributed by atoms with Gasteiger partial charge in [0.1, 0.15) is 0 Å². The third-order valence-electron chi connectivity index (χ3n) is 7.01. The van der Waals surface area contributed by atoms with E-state index < -0.39 is 5.60 Å². The molecule has 0 aromatic heterocycles. The molecule has 23 heavy (non-hydrogen) atoms. The van der Waals surface area contributed by atoms with Gasteiger partial charge in [0, 0.05) is 6.42 Å². The summed E-state index contributed by atoms with van der Waals surface area (Å²) in [5, 5.41) is 10.9. The van der Waals surface area contributed by atoms with Gasteiger partial charge < -0.3 is 9.84 Å². The maximum Gasteiger partial charge on any atom is 0.0715 e. The van der Waals surface area contributed by atoms with E-state index in [1.165, 1.54) is 25.7 Å².